The van der Waals surface area contributed by atoms with E-state index in [9.17, 15) is 9.59 Å². The molecule has 5 nitrogen and oxygen atoms in total. The molecule has 1 aromatic carbocycles. The maximum atomic E-state index is 12.0. The van der Waals surface area contributed by atoms with Crippen LogP contribution in [-0.4, -0.2) is 29.3 Å². The third-order valence-corrected chi connectivity index (χ3v) is 3.35. The first-order valence-corrected chi connectivity index (χ1v) is 6.64. The number of nitrogens with zero attached hydrogens (tertiary/aromatic N) is 1. The summed E-state index contributed by atoms with van der Waals surface area (Å²) in [4.78, 5) is 23.3. The molecule has 19 heavy (non-hydrogen) atoms. The van der Waals surface area contributed by atoms with Gasteiger partial charge in [0.2, 0.25) is 0 Å². The second-order valence-corrected chi connectivity index (χ2v) is 4.91. The number of rotatable bonds is 6. The van der Waals surface area contributed by atoms with Crippen LogP contribution in [0.3, 0.4) is 0 Å². The Morgan fingerprint density at radius 3 is 2.79 bits per heavy atom. The molecule has 0 fully saturated rings. The van der Waals surface area contributed by atoms with Gasteiger partial charge in [0.15, 0.2) is 0 Å². The van der Waals surface area contributed by atoms with Gasteiger partial charge < -0.3 is 10.4 Å². The highest BCUT2D eigenvalue weighted by molar-refractivity contribution is 7.99. The summed E-state index contributed by atoms with van der Waals surface area (Å²) >= 11 is 1.28. The average molecular weight is 278 g/mol. The Balaban J connectivity index is 2.71. The second kappa shape index (κ2) is 7.44. The van der Waals surface area contributed by atoms with E-state index in [1.807, 2.05) is 6.07 Å². The van der Waals surface area contributed by atoms with Gasteiger partial charge in [-0.2, -0.15) is 5.26 Å². The van der Waals surface area contributed by atoms with Crippen molar-refractivity contribution in [3.05, 3.63) is 29.8 Å². The lowest BCUT2D eigenvalue weighted by molar-refractivity contribution is -0.140. The van der Waals surface area contributed by atoms with Crippen molar-refractivity contribution in [3.63, 3.8) is 0 Å². The molecule has 1 amide bonds. The van der Waals surface area contributed by atoms with E-state index in [-0.39, 0.29) is 18.2 Å². The van der Waals surface area contributed by atoms with Crippen molar-refractivity contribution in [3.8, 4) is 6.07 Å². The minimum atomic E-state index is -0.951. The third kappa shape index (κ3) is 4.64. The molecule has 1 atom stereocenters. The molecule has 0 radical (unpaired) electrons. The Morgan fingerprint density at radius 1 is 1.47 bits per heavy atom. The number of amides is 1. The molecule has 0 bridgehead atoms. The van der Waals surface area contributed by atoms with Crippen molar-refractivity contribution >= 4 is 23.6 Å². The first-order chi connectivity index (χ1) is 9.06. The minimum Gasteiger partial charge on any atom is -0.481 e. The molecule has 0 aliphatic carbocycles. The van der Waals surface area contributed by atoms with Crippen molar-refractivity contribution in [2.75, 3.05) is 12.3 Å². The van der Waals surface area contributed by atoms with Gasteiger partial charge in [-0.15, -0.1) is 11.8 Å². The standard InChI is InChI=1S/C13H14N2O3S/c1-9(13(17)18)8-15-12(16)10-4-2-3-5-11(10)19-7-6-14/h2-5,9H,7-8H2,1H3,(H,15,16)(H,17,18). The molecular weight excluding hydrogens is 264 g/mol. The number of thioether (sulfide) groups is 1. The SMILES string of the molecule is CC(CNC(=O)c1ccccc1SCC#N)C(=O)O. The molecule has 1 aromatic rings. The number of nitriles is 1. The maximum absolute atomic E-state index is 12.0. The van der Waals surface area contributed by atoms with Gasteiger partial charge in [-0.1, -0.05) is 19.1 Å². The maximum Gasteiger partial charge on any atom is 0.308 e. The number of carboxylic acid groups (broad SMARTS) is 1. The second-order valence-electron chi connectivity index (χ2n) is 3.89. The van der Waals surface area contributed by atoms with Gasteiger partial charge in [0.1, 0.15) is 0 Å². The summed E-state index contributed by atoms with van der Waals surface area (Å²) in [6.07, 6.45) is 0. The summed E-state index contributed by atoms with van der Waals surface area (Å²) in [6, 6.07) is 8.93. The van der Waals surface area contributed by atoms with E-state index < -0.39 is 11.9 Å². The largest absolute Gasteiger partial charge is 0.481 e. The third-order valence-electron chi connectivity index (χ3n) is 2.41. The molecule has 0 saturated heterocycles. The number of carbonyl (C=O) groups is 2. The molecule has 2 N–H and O–H groups in total. The zero-order chi connectivity index (χ0) is 14.3. The first kappa shape index (κ1) is 15.1. The van der Waals surface area contributed by atoms with Crippen molar-refractivity contribution < 1.29 is 14.7 Å². The summed E-state index contributed by atoms with van der Waals surface area (Å²) in [5.41, 5.74) is 0.459. The zero-order valence-corrected chi connectivity index (χ0v) is 11.2. The quantitative estimate of drug-likeness (QED) is 0.774. The van der Waals surface area contributed by atoms with E-state index in [1.54, 1.807) is 24.3 Å². The number of hydrogen-bond acceptors (Lipinski definition) is 4. The molecule has 6 heteroatoms. The van der Waals surface area contributed by atoms with Crippen molar-refractivity contribution in [2.45, 2.75) is 11.8 Å². The van der Waals surface area contributed by atoms with Gasteiger partial charge >= 0.3 is 5.97 Å². The highest BCUT2D eigenvalue weighted by atomic mass is 32.2. The van der Waals surface area contributed by atoms with E-state index in [4.69, 9.17) is 10.4 Å². The van der Waals surface area contributed by atoms with Gasteiger partial charge in [-0.3, -0.25) is 9.59 Å². The number of aliphatic carboxylic acids is 1. The van der Waals surface area contributed by atoms with E-state index in [2.05, 4.69) is 5.32 Å². The van der Waals surface area contributed by atoms with Crippen LogP contribution in [0.15, 0.2) is 29.2 Å². The molecule has 1 rings (SSSR count). The van der Waals surface area contributed by atoms with Crippen LogP contribution in [0.2, 0.25) is 0 Å². The lowest BCUT2D eigenvalue weighted by Gasteiger charge is -2.10. The van der Waals surface area contributed by atoms with Crippen LogP contribution in [0.5, 0.6) is 0 Å². The molecule has 0 aliphatic rings. The van der Waals surface area contributed by atoms with Crippen LogP contribution < -0.4 is 5.32 Å². The summed E-state index contributed by atoms with van der Waals surface area (Å²) in [6.45, 7) is 1.60. The zero-order valence-electron chi connectivity index (χ0n) is 10.4. The molecule has 1 unspecified atom stereocenters. The van der Waals surface area contributed by atoms with E-state index in [0.717, 1.165) is 0 Å². The highest BCUT2D eigenvalue weighted by Gasteiger charge is 2.15. The van der Waals surface area contributed by atoms with Crippen LogP contribution in [0.4, 0.5) is 0 Å². The summed E-state index contributed by atoms with van der Waals surface area (Å²) in [5.74, 6) is -1.65. The van der Waals surface area contributed by atoms with Crippen LogP contribution in [0.25, 0.3) is 0 Å². The summed E-state index contributed by atoms with van der Waals surface area (Å²) in [5, 5.41) is 19.9. The molecule has 100 valence electrons. The molecule has 0 saturated carbocycles. The monoisotopic (exact) mass is 278 g/mol. The highest BCUT2D eigenvalue weighted by Crippen LogP contribution is 2.22. The number of benzene rings is 1. The van der Waals surface area contributed by atoms with Crippen molar-refractivity contribution in [2.24, 2.45) is 5.92 Å². The number of hydrogen-bond donors (Lipinski definition) is 2. The Kier molecular flexibility index (Phi) is 5.90. The molecule has 0 spiro atoms. The fourth-order valence-electron chi connectivity index (χ4n) is 1.32. The predicted molar refractivity (Wildman–Crippen MR) is 71.9 cm³/mol. The lowest BCUT2D eigenvalue weighted by atomic mass is 10.1. The molecule has 0 heterocycles. The van der Waals surface area contributed by atoms with Gasteiger partial charge in [-0.25, -0.2) is 0 Å². The number of carboxylic acids is 1. The lowest BCUT2D eigenvalue weighted by Crippen LogP contribution is -2.31. The average Bonchev–Trinajstić information content (AvgIpc) is 2.42. The van der Waals surface area contributed by atoms with Gasteiger partial charge in [-0.05, 0) is 12.1 Å². The smallest absolute Gasteiger partial charge is 0.308 e. The fourth-order valence-corrected chi connectivity index (χ4v) is 2.03. The van der Waals surface area contributed by atoms with Gasteiger partial charge in [0.05, 0.1) is 23.3 Å². The number of nitrogens with one attached hydrogen (secondary N) is 1. The van der Waals surface area contributed by atoms with Crippen molar-refractivity contribution in [1.82, 2.24) is 5.32 Å². The van der Waals surface area contributed by atoms with Gasteiger partial charge in [0.25, 0.3) is 5.91 Å². The molecule has 0 aromatic heterocycles. The minimum absolute atomic E-state index is 0.0748. The Labute approximate surface area is 115 Å². The van der Waals surface area contributed by atoms with E-state index in [0.29, 0.717) is 10.5 Å². The Morgan fingerprint density at radius 2 is 2.16 bits per heavy atom. The fraction of sp³-hybridized carbons (Fsp3) is 0.308. The molecular formula is C13H14N2O3S. The van der Waals surface area contributed by atoms with Crippen LogP contribution in [0.1, 0.15) is 17.3 Å². The number of carbonyl (C=O) groups excluding carboxylic acids is 1. The summed E-state index contributed by atoms with van der Waals surface area (Å²) < 4.78 is 0. The van der Waals surface area contributed by atoms with Gasteiger partial charge in [0, 0.05) is 11.4 Å². The van der Waals surface area contributed by atoms with Crippen LogP contribution >= 0.6 is 11.8 Å². The van der Waals surface area contributed by atoms with Crippen LogP contribution in [0, 0.1) is 17.2 Å². The topological polar surface area (TPSA) is 90.2 Å². The van der Waals surface area contributed by atoms with E-state index >= 15 is 0 Å². The Bertz CT molecular complexity index is 511. The van der Waals surface area contributed by atoms with Crippen LogP contribution in [-0.2, 0) is 4.79 Å². The normalized spacial score (nSPS) is 11.4. The van der Waals surface area contributed by atoms with E-state index in [1.165, 1.54) is 18.7 Å². The van der Waals surface area contributed by atoms with Crippen molar-refractivity contribution in [1.29, 1.82) is 5.26 Å². The molecule has 0 aliphatic heterocycles. The Hall–Kier alpha value is -2.00. The summed E-state index contributed by atoms with van der Waals surface area (Å²) in [7, 11) is 0. The predicted octanol–water partition coefficient (Wildman–Crippen LogP) is 1.75. The first-order valence-electron chi connectivity index (χ1n) is 5.66.